The lowest BCUT2D eigenvalue weighted by atomic mass is 10.00. The number of nitrogens with zero attached hydrogens (tertiary/aromatic N) is 4. The third kappa shape index (κ3) is 5.15. The summed E-state index contributed by atoms with van der Waals surface area (Å²) in [6.45, 7) is 0.479. The van der Waals surface area contributed by atoms with Crippen molar-refractivity contribution in [3.63, 3.8) is 0 Å². The molecule has 0 spiro atoms. The molecule has 5 rings (SSSR count). The molecule has 10 heteroatoms. The number of hydrogen-bond acceptors (Lipinski definition) is 6. The van der Waals surface area contributed by atoms with Crippen molar-refractivity contribution in [2.45, 2.75) is 25.3 Å². The number of para-hydroxylation sites is 1. The molecule has 10 nitrogen and oxygen atoms in total. The van der Waals surface area contributed by atoms with Gasteiger partial charge < -0.3 is 25.0 Å². The van der Waals surface area contributed by atoms with Gasteiger partial charge in [-0.05, 0) is 55.2 Å². The zero-order chi connectivity index (χ0) is 27.5. The number of anilines is 1. The van der Waals surface area contributed by atoms with Crippen LogP contribution in [-0.4, -0.2) is 82.4 Å². The van der Waals surface area contributed by atoms with Crippen molar-refractivity contribution in [1.82, 2.24) is 25.0 Å². The molecule has 2 aromatic carbocycles. The van der Waals surface area contributed by atoms with Gasteiger partial charge in [0.1, 0.15) is 11.4 Å². The number of rotatable bonds is 6. The highest BCUT2D eigenvalue weighted by Gasteiger charge is 2.27. The summed E-state index contributed by atoms with van der Waals surface area (Å²) in [4.78, 5) is 34.0. The number of nitrogens with one attached hydrogen (secondary N) is 2. The van der Waals surface area contributed by atoms with E-state index in [0.29, 0.717) is 34.9 Å². The molecule has 202 valence electrons. The van der Waals surface area contributed by atoms with Crippen LogP contribution in [0.25, 0.3) is 33.4 Å². The highest BCUT2D eigenvalue weighted by molar-refractivity contribution is 6.04. The summed E-state index contributed by atoms with van der Waals surface area (Å²) in [5.74, 6) is 0.462. The molecule has 1 fully saturated rings. The molecule has 0 saturated carbocycles. The van der Waals surface area contributed by atoms with Gasteiger partial charge in [0.05, 0.1) is 31.0 Å². The fourth-order valence-electron chi connectivity index (χ4n) is 5.00. The fraction of sp³-hybridized carbons (Fsp3) is 0.310. The second-order valence-electron chi connectivity index (χ2n) is 9.81. The number of hydrogen-bond donors (Lipinski definition) is 3. The fourth-order valence-corrected chi connectivity index (χ4v) is 5.00. The largest absolute Gasteiger partial charge is 0.496 e. The van der Waals surface area contributed by atoms with Crippen LogP contribution in [0.15, 0.2) is 54.7 Å². The SMILES string of the molecule is COc1ccccc1-c1n[nH]c2ncc(-c3ccc(NC(=O)N4CCCCC4CO)c(C(=O)N(C)C)c3)cc12. The van der Waals surface area contributed by atoms with Gasteiger partial charge in [0.25, 0.3) is 5.91 Å². The zero-order valence-electron chi connectivity index (χ0n) is 22.3. The summed E-state index contributed by atoms with van der Waals surface area (Å²) < 4.78 is 5.53. The van der Waals surface area contributed by atoms with E-state index < -0.39 is 0 Å². The Morgan fingerprint density at radius 3 is 2.74 bits per heavy atom. The van der Waals surface area contributed by atoms with Crippen LogP contribution >= 0.6 is 0 Å². The molecule has 3 N–H and O–H groups in total. The lowest BCUT2D eigenvalue weighted by Gasteiger charge is -2.34. The maximum absolute atomic E-state index is 13.2. The topological polar surface area (TPSA) is 124 Å². The second-order valence-corrected chi connectivity index (χ2v) is 9.81. The number of H-pyrrole nitrogens is 1. The summed E-state index contributed by atoms with van der Waals surface area (Å²) >= 11 is 0. The Bertz CT molecular complexity index is 1510. The molecule has 1 saturated heterocycles. The van der Waals surface area contributed by atoms with Gasteiger partial charge >= 0.3 is 6.03 Å². The number of fused-ring (bicyclic) bond motifs is 1. The number of amides is 3. The lowest BCUT2D eigenvalue weighted by molar-refractivity contribution is 0.0828. The van der Waals surface area contributed by atoms with E-state index in [9.17, 15) is 14.7 Å². The van der Waals surface area contributed by atoms with Crippen molar-refractivity contribution < 1.29 is 19.4 Å². The molecule has 3 heterocycles. The number of carbonyl (C=O) groups excluding carboxylic acids is 2. The quantitative estimate of drug-likeness (QED) is 0.341. The molecular formula is C29H32N6O4. The summed E-state index contributed by atoms with van der Waals surface area (Å²) in [6, 6.07) is 14.4. The predicted molar refractivity (Wildman–Crippen MR) is 150 cm³/mol. The van der Waals surface area contributed by atoms with E-state index in [1.54, 1.807) is 44.4 Å². The number of pyridine rings is 1. The Hall–Kier alpha value is -4.44. The number of carbonyl (C=O) groups is 2. The first kappa shape index (κ1) is 26.2. The van der Waals surface area contributed by atoms with Crippen molar-refractivity contribution >= 4 is 28.7 Å². The molecular weight excluding hydrogens is 496 g/mol. The third-order valence-corrected chi connectivity index (χ3v) is 7.11. The van der Waals surface area contributed by atoms with E-state index in [1.807, 2.05) is 36.4 Å². The van der Waals surface area contributed by atoms with Crippen molar-refractivity contribution in [3.8, 4) is 28.1 Å². The number of methoxy groups -OCH3 is 1. The summed E-state index contributed by atoms with van der Waals surface area (Å²) in [5, 5.41) is 20.9. The number of aliphatic hydroxyl groups excluding tert-OH is 1. The first-order valence-corrected chi connectivity index (χ1v) is 12.9. The highest BCUT2D eigenvalue weighted by Crippen LogP contribution is 2.35. The smallest absolute Gasteiger partial charge is 0.322 e. The van der Waals surface area contributed by atoms with E-state index >= 15 is 0 Å². The standard InChI is InChI=1S/C29H32N6O4/c1-34(2)28(37)22-14-18(11-12-24(22)31-29(38)35-13-7-6-8-20(35)17-36)19-15-23-26(32-33-27(23)30-16-19)21-9-4-5-10-25(21)39-3/h4-5,9-12,14-16,20,36H,6-8,13,17H2,1-3H3,(H,31,38)(H,30,32,33). The predicted octanol–water partition coefficient (Wildman–Crippen LogP) is 4.38. The minimum absolute atomic E-state index is 0.0871. The van der Waals surface area contributed by atoms with Crippen LogP contribution in [0.1, 0.15) is 29.6 Å². The summed E-state index contributed by atoms with van der Waals surface area (Å²) in [7, 11) is 4.97. The maximum atomic E-state index is 13.2. The number of aliphatic hydroxyl groups is 1. The monoisotopic (exact) mass is 528 g/mol. The average Bonchev–Trinajstić information content (AvgIpc) is 3.40. The van der Waals surface area contributed by atoms with Crippen LogP contribution in [0.5, 0.6) is 5.75 Å². The van der Waals surface area contributed by atoms with E-state index in [2.05, 4.69) is 20.5 Å². The third-order valence-electron chi connectivity index (χ3n) is 7.11. The summed E-state index contributed by atoms with van der Waals surface area (Å²) in [5.41, 5.74) is 4.52. The van der Waals surface area contributed by atoms with Crippen molar-refractivity contribution in [1.29, 1.82) is 0 Å². The number of piperidine rings is 1. The normalized spacial score (nSPS) is 15.3. The lowest BCUT2D eigenvalue weighted by Crippen LogP contribution is -2.47. The van der Waals surface area contributed by atoms with Gasteiger partial charge in [-0.1, -0.05) is 18.2 Å². The molecule has 3 amide bonds. The Balaban J connectivity index is 1.52. The van der Waals surface area contributed by atoms with E-state index in [-0.39, 0.29) is 24.6 Å². The Morgan fingerprint density at radius 2 is 1.97 bits per heavy atom. The summed E-state index contributed by atoms with van der Waals surface area (Å²) in [6.07, 6.45) is 4.34. The van der Waals surface area contributed by atoms with E-state index in [4.69, 9.17) is 4.74 Å². The molecule has 1 aliphatic rings. The second kappa shape index (κ2) is 11.1. The van der Waals surface area contributed by atoms with Gasteiger partial charge in [0, 0.05) is 43.4 Å². The first-order valence-electron chi connectivity index (χ1n) is 12.9. The van der Waals surface area contributed by atoms with E-state index in [1.165, 1.54) is 4.90 Å². The van der Waals surface area contributed by atoms with Crippen LogP contribution in [0.4, 0.5) is 10.5 Å². The number of benzene rings is 2. The maximum Gasteiger partial charge on any atom is 0.322 e. The number of ether oxygens (including phenoxy) is 1. The minimum Gasteiger partial charge on any atom is -0.496 e. The van der Waals surface area contributed by atoms with Crippen LogP contribution in [0.3, 0.4) is 0 Å². The van der Waals surface area contributed by atoms with Gasteiger partial charge in [0.2, 0.25) is 0 Å². The van der Waals surface area contributed by atoms with Crippen LogP contribution in [-0.2, 0) is 0 Å². The van der Waals surface area contributed by atoms with Gasteiger partial charge in [-0.15, -0.1) is 0 Å². The van der Waals surface area contributed by atoms with Gasteiger partial charge in [-0.25, -0.2) is 9.78 Å². The molecule has 1 atom stereocenters. The molecule has 1 aliphatic heterocycles. The Kier molecular flexibility index (Phi) is 7.47. The molecule has 0 bridgehead atoms. The molecule has 39 heavy (non-hydrogen) atoms. The van der Waals surface area contributed by atoms with Crippen LogP contribution in [0.2, 0.25) is 0 Å². The molecule has 1 unspecified atom stereocenters. The number of aromatic amines is 1. The number of aromatic nitrogens is 3. The molecule has 2 aromatic heterocycles. The van der Waals surface area contributed by atoms with Crippen molar-refractivity contribution in [3.05, 3.63) is 60.3 Å². The van der Waals surface area contributed by atoms with Crippen LogP contribution in [0, 0.1) is 0 Å². The van der Waals surface area contributed by atoms with E-state index in [0.717, 1.165) is 41.3 Å². The van der Waals surface area contributed by atoms with Crippen molar-refractivity contribution in [2.24, 2.45) is 0 Å². The van der Waals surface area contributed by atoms with Gasteiger partial charge in [-0.3, -0.25) is 9.89 Å². The zero-order valence-corrected chi connectivity index (χ0v) is 22.3. The first-order chi connectivity index (χ1) is 18.9. The molecule has 0 aliphatic carbocycles. The van der Waals surface area contributed by atoms with Crippen molar-refractivity contribution in [2.75, 3.05) is 39.7 Å². The molecule has 0 radical (unpaired) electrons. The Labute approximate surface area is 226 Å². The van der Waals surface area contributed by atoms with Gasteiger partial charge in [0.15, 0.2) is 5.65 Å². The molecule has 4 aromatic rings. The Morgan fingerprint density at radius 1 is 1.15 bits per heavy atom. The van der Waals surface area contributed by atoms with Gasteiger partial charge in [-0.2, -0.15) is 5.10 Å². The minimum atomic E-state index is -0.322. The number of likely N-dealkylation sites (tertiary alicyclic amines) is 1. The van der Waals surface area contributed by atoms with Crippen LogP contribution < -0.4 is 10.1 Å². The highest BCUT2D eigenvalue weighted by atomic mass is 16.5. The average molecular weight is 529 g/mol. The number of urea groups is 1.